The van der Waals surface area contributed by atoms with E-state index in [0.29, 0.717) is 0 Å². The molecule has 2 aromatic heterocycles. The normalized spacial score (nSPS) is 12.9. The standard InChI is InChI=1S/C11H14ClN3S/c1-15-6-5-14-10(15)3-2-9(13)11-8(12)4-7-16-11/h4-7,9H,2-3,13H2,1H3. The number of rotatable bonds is 4. The minimum Gasteiger partial charge on any atom is -0.338 e. The van der Waals surface area contributed by atoms with Crippen molar-refractivity contribution in [3.63, 3.8) is 0 Å². The first-order valence-electron chi connectivity index (χ1n) is 5.13. The van der Waals surface area contributed by atoms with Crippen LogP contribution in [0.25, 0.3) is 0 Å². The summed E-state index contributed by atoms with van der Waals surface area (Å²) in [5.41, 5.74) is 6.10. The van der Waals surface area contributed by atoms with Crippen LogP contribution in [0.3, 0.4) is 0 Å². The van der Waals surface area contributed by atoms with Crippen LogP contribution in [-0.4, -0.2) is 9.55 Å². The van der Waals surface area contributed by atoms with Crippen molar-refractivity contribution in [1.82, 2.24) is 9.55 Å². The first kappa shape index (κ1) is 11.6. The molecule has 0 saturated heterocycles. The van der Waals surface area contributed by atoms with Crippen LogP contribution in [0.4, 0.5) is 0 Å². The lowest BCUT2D eigenvalue weighted by molar-refractivity contribution is 0.629. The second kappa shape index (κ2) is 4.99. The van der Waals surface area contributed by atoms with Gasteiger partial charge in [-0.2, -0.15) is 0 Å². The molecule has 16 heavy (non-hydrogen) atoms. The molecule has 2 N–H and O–H groups in total. The third-order valence-corrected chi connectivity index (χ3v) is 4.07. The van der Waals surface area contributed by atoms with Crippen molar-refractivity contribution in [2.45, 2.75) is 18.9 Å². The summed E-state index contributed by atoms with van der Waals surface area (Å²) < 4.78 is 2.02. The van der Waals surface area contributed by atoms with Crippen molar-refractivity contribution in [1.29, 1.82) is 0 Å². The molecule has 0 saturated carbocycles. The Labute approximate surface area is 104 Å². The fourth-order valence-corrected chi connectivity index (χ4v) is 2.86. The average molecular weight is 256 g/mol. The van der Waals surface area contributed by atoms with Crippen molar-refractivity contribution in [3.05, 3.63) is 39.6 Å². The third kappa shape index (κ3) is 2.45. The minimum atomic E-state index is 0.00389. The van der Waals surface area contributed by atoms with Crippen LogP contribution in [0.2, 0.25) is 5.02 Å². The van der Waals surface area contributed by atoms with Gasteiger partial charge in [-0.3, -0.25) is 0 Å². The van der Waals surface area contributed by atoms with Crippen molar-refractivity contribution in [2.75, 3.05) is 0 Å². The summed E-state index contributed by atoms with van der Waals surface area (Å²) in [6, 6.07) is 1.89. The van der Waals surface area contributed by atoms with E-state index in [4.69, 9.17) is 17.3 Å². The molecule has 2 heterocycles. The first-order chi connectivity index (χ1) is 7.68. The monoisotopic (exact) mass is 255 g/mol. The van der Waals surface area contributed by atoms with E-state index in [1.807, 2.05) is 29.3 Å². The van der Waals surface area contributed by atoms with Crippen molar-refractivity contribution < 1.29 is 0 Å². The maximum Gasteiger partial charge on any atom is 0.108 e. The highest BCUT2D eigenvalue weighted by Crippen LogP contribution is 2.29. The molecule has 1 unspecified atom stereocenters. The molecule has 0 aromatic carbocycles. The van der Waals surface area contributed by atoms with Gasteiger partial charge in [0.05, 0.1) is 5.02 Å². The Bertz CT molecular complexity index is 463. The van der Waals surface area contributed by atoms with Crippen LogP contribution < -0.4 is 5.73 Å². The number of hydrogen-bond acceptors (Lipinski definition) is 3. The summed E-state index contributed by atoms with van der Waals surface area (Å²) in [7, 11) is 1.99. The second-order valence-electron chi connectivity index (χ2n) is 3.73. The van der Waals surface area contributed by atoms with E-state index < -0.39 is 0 Å². The Balaban J connectivity index is 1.97. The van der Waals surface area contributed by atoms with Gasteiger partial charge >= 0.3 is 0 Å². The molecule has 0 aliphatic heterocycles. The summed E-state index contributed by atoms with van der Waals surface area (Å²) >= 11 is 7.65. The molecule has 0 aliphatic rings. The van der Waals surface area contributed by atoms with E-state index in [-0.39, 0.29) is 6.04 Å². The van der Waals surface area contributed by atoms with E-state index in [1.165, 1.54) is 0 Å². The Morgan fingerprint density at radius 3 is 3.00 bits per heavy atom. The van der Waals surface area contributed by atoms with Gasteiger partial charge in [-0.1, -0.05) is 11.6 Å². The number of halogens is 1. The van der Waals surface area contributed by atoms with E-state index in [0.717, 1.165) is 28.6 Å². The average Bonchev–Trinajstić information content (AvgIpc) is 2.84. The van der Waals surface area contributed by atoms with E-state index in [2.05, 4.69) is 4.98 Å². The third-order valence-electron chi connectivity index (χ3n) is 2.58. The van der Waals surface area contributed by atoms with Gasteiger partial charge in [0, 0.05) is 36.8 Å². The molecule has 0 bridgehead atoms. The van der Waals surface area contributed by atoms with Crippen LogP contribution >= 0.6 is 22.9 Å². The fourth-order valence-electron chi connectivity index (χ4n) is 1.62. The summed E-state index contributed by atoms with van der Waals surface area (Å²) in [6.45, 7) is 0. The topological polar surface area (TPSA) is 43.8 Å². The minimum absolute atomic E-state index is 0.00389. The van der Waals surface area contributed by atoms with Crippen LogP contribution in [0, 0.1) is 0 Å². The molecule has 86 valence electrons. The molecule has 0 radical (unpaired) electrons. The molecule has 1 atom stereocenters. The summed E-state index contributed by atoms with van der Waals surface area (Å²) in [5.74, 6) is 1.06. The summed E-state index contributed by atoms with van der Waals surface area (Å²) in [4.78, 5) is 5.33. The molecule has 5 heteroatoms. The fraction of sp³-hybridized carbons (Fsp3) is 0.364. The first-order valence-corrected chi connectivity index (χ1v) is 6.39. The summed E-state index contributed by atoms with van der Waals surface area (Å²) in [6.07, 6.45) is 5.49. The predicted octanol–water partition coefficient (Wildman–Crippen LogP) is 2.77. The van der Waals surface area contributed by atoms with Gasteiger partial charge in [0.15, 0.2) is 0 Å². The van der Waals surface area contributed by atoms with Crippen molar-refractivity contribution >= 4 is 22.9 Å². The Morgan fingerprint density at radius 2 is 2.44 bits per heavy atom. The predicted molar refractivity (Wildman–Crippen MR) is 67.8 cm³/mol. The number of imidazole rings is 1. The van der Waals surface area contributed by atoms with Gasteiger partial charge in [-0.25, -0.2) is 4.98 Å². The number of aryl methyl sites for hydroxylation is 2. The maximum atomic E-state index is 6.10. The van der Waals surface area contributed by atoms with Gasteiger partial charge in [-0.15, -0.1) is 11.3 Å². The van der Waals surface area contributed by atoms with Crippen molar-refractivity contribution in [2.24, 2.45) is 12.8 Å². The van der Waals surface area contributed by atoms with E-state index >= 15 is 0 Å². The molecule has 0 aliphatic carbocycles. The van der Waals surface area contributed by atoms with Gasteiger partial charge < -0.3 is 10.3 Å². The number of thiophene rings is 1. The van der Waals surface area contributed by atoms with Gasteiger partial charge in [0.25, 0.3) is 0 Å². The lowest BCUT2D eigenvalue weighted by atomic mass is 10.1. The molecule has 2 aromatic rings. The quantitative estimate of drug-likeness (QED) is 0.913. The zero-order chi connectivity index (χ0) is 11.5. The number of aromatic nitrogens is 2. The highest BCUT2D eigenvalue weighted by atomic mass is 35.5. The van der Waals surface area contributed by atoms with Gasteiger partial charge in [0.1, 0.15) is 5.82 Å². The lowest BCUT2D eigenvalue weighted by Gasteiger charge is -2.10. The van der Waals surface area contributed by atoms with Crippen LogP contribution in [0.1, 0.15) is 23.2 Å². The smallest absolute Gasteiger partial charge is 0.108 e. The molecule has 2 rings (SSSR count). The molecular weight excluding hydrogens is 242 g/mol. The number of hydrogen-bond donors (Lipinski definition) is 1. The Morgan fingerprint density at radius 1 is 1.62 bits per heavy atom. The van der Waals surface area contributed by atoms with E-state index in [1.54, 1.807) is 17.5 Å². The maximum absolute atomic E-state index is 6.10. The lowest BCUT2D eigenvalue weighted by Crippen LogP contribution is -2.11. The molecule has 0 fully saturated rings. The van der Waals surface area contributed by atoms with Crippen LogP contribution in [-0.2, 0) is 13.5 Å². The molecular formula is C11H14ClN3S. The zero-order valence-corrected chi connectivity index (χ0v) is 10.6. The SMILES string of the molecule is Cn1ccnc1CCC(N)c1sccc1Cl. The highest BCUT2D eigenvalue weighted by molar-refractivity contribution is 7.10. The van der Waals surface area contributed by atoms with Crippen LogP contribution in [0.5, 0.6) is 0 Å². The van der Waals surface area contributed by atoms with E-state index in [9.17, 15) is 0 Å². The Kier molecular flexibility index (Phi) is 3.63. The zero-order valence-electron chi connectivity index (χ0n) is 9.06. The second-order valence-corrected chi connectivity index (χ2v) is 5.09. The van der Waals surface area contributed by atoms with Crippen molar-refractivity contribution in [3.8, 4) is 0 Å². The molecule has 0 amide bonds. The van der Waals surface area contributed by atoms with Gasteiger partial charge in [0.2, 0.25) is 0 Å². The Hall–Kier alpha value is -0.840. The molecule has 3 nitrogen and oxygen atoms in total. The summed E-state index contributed by atoms with van der Waals surface area (Å²) in [5, 5.41) is 2.75. The number of nitrogens with two attached hydrogens (primary N) is 1. The highest BCUT2D eigenvalue weighted by Gasteiger charge is 2.12. The largest absolute Gasteiger partial charge is 0.338 e. The van der Waals surface area contributed by atoms with Gasteiger partial charge in [-0.05, 0) is 17.9 Å². The number of nitrogens with zero attached hydrogens (tertiary/aromatic N) is 2. The molecule has 0 spiro atoms. The van der Waals surface area contributed by atoms with Crippen LogP contribution in [0.15, 0.2) is 23.8 Å².